The van der Waals surface area contributed by atoms with Gasteiger partial charge in [-0.15, -0.1) is 29.5 Å². The quantitative estimate of drug-likeness (QED) is 0.0760. The molecule has 0 bridgehead atoms. The number of nitrogens with zero attached hydrogens (tertiary/aromatic N) is 4. The molecule has 1 saturated heterocycles. The number of nitrogens with one attached hydrogen (secondary N) is 1. The van der Waals surface area contributed by atoms with E-state index in [0.29, 0.717) is 5.57 Å². The number of nitrogen functional groups attached to an aromatic ring is 1. The molecule has 0 radical (unpaired) electrons. The lowest BCUT2D eigenvalue weighted by atomic mass is 10.0. The van der Waals surface area contributed by atoms with Gasteiger partial charge in [0.1, 0.15) is 28.4 Å². The van der Waals surface area contributed by atoms with E-state index in [0.717, 1.165) is 16.2 Å². The molecule has 15 heteroatoms. The highest BCUT2D eigenvalue weighted by Gasteiger charge is 2.54. The van der Waals surface area contributed by atoms with Gasteiger partial charge in [-0.1, -0.05) is 11.1 Å². The summed E-state index contributed by atoms with van der Waals surface area (Å²) >= 11 is 2.38. The number of carboxylic acids is 1. The van der Waals surface area contributed by atoms with E-state index in [1.807, 2.05) is 0 Å². The molecule has 1 unspecified atom stereocenters. The van der Waals surface area contributed by atoms with Gasteiger partial charge in [0.05, 0.1) is 0 Å². The van der Waals surface area contributed by atoms with Crippen LogP contribution in [0.2, 0.25) is 0 Å². The Labute approximate surface area is 218 Å². The number of carbonyl (C=O) groups excluding carboxylic acids is 3. The second-order valence-corrected chi connectivity index (χ2v) is 9.73. The van der Waals surface area contributed by atoms with Gasteiger partial charge < -0.3 is 26.7 Å². The third-order valence-corrected chi connectivity index (χ3v) is 7.35. The Morgan fingerprint density at radius 2 is 2.22 bits per heavy atom. The number of oxime groups is 1. The number of hydrogen-bond donors (Lipinski definition) is 4. The smallest absolute Gasteiger partial charge is 0.352 e. The summed E-state index contributed by atoms with van der Waals surface area (Å²) in [5.74, 6) is -0.775. The summed E-state index contributed by atoms with van der Waals surface area (Å²) in [7, 11) is 0. The fourth-order valence-electron chi connectivity index (χ4n) is 3.74. The van der Waals surface area contributed by atoms with Crippen LogP contribution in [0.3, 0.4) is 0 Å². The molecule has 1 fully saturated rings. The number of thiazole rings is 1. The molecule has 13 nitrogen and oxygen atoms in total. The van der Waals surface area contributed by atoms with Crippen molar-refractivity contribution >= 4 is 57.6 Å². The number of primary amides is 1. The molecular weight excluding hydrogens is 522 g/mol. The summed E-state index contributed by atoms with van der Waals surface area (Å²) in [6.45, 7) is -0.0707. The molecule has 0 aromatic carbocycles. The number of β-lactam (4-membered cyclic amide) rings is 1. The van der Waals surface area contributed by atoms with E-state index in [1.165, 1.54) is 29.4 Å². The van der Waals surface area contributed by atoms with Gasteiger partial charge >= 0.3 is 5.97 Å². The van der Waals surface area contributed by atoms with Crippen LogP contribution in [0, 0.1) is 12.3 Å². The lowest BCUT2D eigenvalue weighted by Crippen LogP contribution is -2.71. The summed E-state index contributed by atoms with van der Waals surface area (Å²) in [6.07, 6.45) is 8.31. The maximum absolute atomic E-state index is 13.0. The highest BCUT2D eigenvalue weighted by Crippen LogP contribution is 2.40. The molecule has 2 aliphatic rings. The van der Waals surface area contributed by atoms with Crippen LogP contribution in [0.4, 0.5) is 5.13 Å². The highest BCUT2D eigenvalue weighted by atomic mass is 32.2. The first kappa shape index (κ1) is 25.7. The van der Waals surface area contributed by atoms with Gasteiger partial charge in [-0.2, -0.15) is 0 Å². The molecule has 4 heterocycles. The summed E-state index contributed by atoms with van der Waals surface area (Å²) in [5, 5.41) is 17.3. The van der Waals surface area contributed by atoms with Crippen molar-refractivity contribution in [1.82, 2.24) is 15.2 Å². The first-order chi connectivity index (χ1) is 17.7. The standard InChI is InChI=1S/C22H19N7O6S2/c1-2-6-35-27-14(13-10-37-22(24)25-13)18(31)26-15-19(32)29-16(21(33)34)12(9-36-20(15)29)8-28-5-3-4-11(7-28)17(23)30/h1,3-5,7,10,15,20H,6,8-9H2,(H5-,23,24,25,26,30,31,33,34)/p+1/t15?,20-/m0/s1. The van der Waals surface area contributed by atoms with E-state index in [4.69, 9.17) is 22.7 Å². The maximum Gasteiger partial charge on any atom is 0.352 e. The van der Waals surface area contributed by atoms with Crippen LogP contribution in [-0.4, -0.2) is 68.2 Å². The number of carbonyl (C=O) groups is 4. The number of hydrogen-bond acceptors (Lipinski definition) is 10. The van der Waals surface area contributed by atoms with Gasteiger partial charge in [0.15, 0.2) is 36.4 Å². The van der Waals surface area contributed by atoms with Crippen molar-refractivity contribution in [3.63, 3.8) is 0 Å². The van der Waals surface area contributed by atoms with Gasteiger partial charge in [-0.25, -0.2) is 14.3 Å². The minimum atomic E-state index is -1.28. The van der Waals surface area contributed by atoms with Crippen LogP contribution in [0.25, 0.3) is 0 Å². The fourth-order valence-corrected chi connectivity index (χ4v) is 5.62. The highest BCUT2D eigenvalue weighted by molar-refractivity contribution is 8.00. The molecule has 2 aromatic heterocycles. The minimum Gasteiger partial charge on any atom is -0.477 e. The number of anilines is 1. The number of carboxylic acid groups (broad SMARTS) is 1. The van der Waals surface area contributed by atoms with Crippen molar-refractivity contribution in [1.29, 1.82) is 0 Å². The topological polar surface area (TPSA) is 194 Å². The Balaban J connectivity index is 1.54. The molecule has 37 heavy (non-hydrogen) atoms. The third-order valence-electron chi connectivity index (χ3n) is 5.34. The molecule has 2 aliphatic heterocycles. The molecule has 2 atom stereocenters. The molecule has 190 valence electrons. The predicted octanol–water partition coefficient (Wildman–Crippen LogP) is -1.10. The third kappa shape index (κ3) is 5.25. The van der Waals surface area contributed by atoms with Gasteiger partial charge in [-0.05, 0) is 6.07 Å². The second-order valence-electron chi connectivity index (χ2n) is 7.74. The zero-order chi connectivity index (χ0) is 26.7. The zero-order valence-corrected chi connectivity index (χ0v) is 20.6. The first-order valence-electron chi connectivity index (χ1n) is 10.6. The zero-order valence-electron chi connectivity index (χ0n) is 19.0. The van der Waals surface area contributed by atoms with Crippen LogP contribution >= 0.6 is 23.1 Å². The molecule has 4 rings (SSSR count). The van der Waals surface area contributed by atoms with Crippen LogP contribution in [0.5, 0.6) is 0 Å². The van der Waals surface area contributed by atoms with Gasteiger partial charge in [0.2, 0.25) is 0 Å². The van der Waals surface area contributed by atoms with Crippen molar-refractivity contribution < 1.29 is 33.7 Å². The number of nitrogens with two attached hydrogens (primary N) is 2. The van der Waals surface area contributed by atoms with Crippen LogP contribution in [0.15, 0.2) is 46.3 Å². The Bertz CT molecular complexity index is 1400. The Morgan fingerprint density at radius 3 is 2.86 bits per heavy atom. The number of aromatic nitrogens is 2. The molecule has 6 N–H and O–H groups in total. The van der Waals surface area contributed by atoms with Crippen LogP contribution in [-0.2, 0) is 25.8 Å². The SMILES string of the molecule is C#CCON=C(C(=O)NC1C(=O)N2C(C(=O)O)=C(C[n+]3cccc(C(N)=O)c3)CS[C@@H]12)c1csc(N)n1. The van der Waals surface area contributed by atoms with Crippen molar-refractivity contribution in [2.24, 2.45) is 10.9 Å². The normalized spacial score (nSPS) is 18.9. The summed E-state index contributed by atoms with van der Waals surface area (Å²) in [4.78, 5) is 59.7. The van der Waals surface area contributed by atoms with Crippen LogP contribution in [0.1, 0.15) is 16.1 Å². The number of thioether (sulfide) groups is 1. The average molecular weight is 543 g/mol. The molecule has 0 spiro atoms. The van der Waals surface area contributed by atoms with Gasteiger partial charge in [-0.3, -0.25) is 19.3 Å². The van der Waals surface area contributed by atoms with E-state index in [2.05, 4.69) is 21.4 Å². The van der Waals surface area contributed by atoms with Crippen LogP contribution < -0.4 is 21.4 Å². The van der Waals surface area contributed by atoms with E-state index in [-0.39, 0.29) is 46.7 Å². The summed E-state index contributed by atoms with van der Waals surface area (Å²) in [6, 6.07) is 2.15. The largest absolute Gasteiger partial charge is 0.477 e. The predicted molar refractivity (Wildman–Crippen MR) is 133 cm³/mol. The van der Waals surface area contributed by atoms with E-state index >= 15 is 0 Å². The van der Waals surface area contributed by atoms with Gasteiger partial charge in [0.25, 0.3) is 17.7 Å². The maximum atomic E-state index is 13.0. The summed E-state index contributed by atoms with van der Waals surface area (Å²) < 4.78 is 1.61. The number of amides is 3. The van der Waals surface area contributed by atoms with E-state index in [9.17, 15) is 24.3 Å². The molecular formula is C22H20N7O6S2+. The van der Waals surface area contributed by atoms with Gasteiger partial charge in [0, 0.05) is 22.8 Å². The molecule has 2 aromatic rings. The molecule has 3 amide bonds. The molecule has 0 aliphatic carbocycles. The minimum absolute atomic E-state index is 0.123. The lowest BCUT2D eigenvalue weighted by molar-refractivity contribution is -0.689. The van der Waals surface area contributed by atoms with E-state index < -0.39 is 35.1 Å². The number of fused-ring (bicyclic) bond motifs is 1. The Hall–Kier alpha value is -4.42. The summed E-state index contributed by atoms with van der Waals surface area (Å²) in [5.41, 5.74) is 11.4. The van der Waals surface area contributed by atoms with Crippen molar-refractivity contribution in [3.05, 3.63) is 52.4 Å². The Morgan fingerprint density at radius 1 is 1.43 bits per heavy atom. The second kappa shape index (κ2) is 10.7. The number of terminal acetylenes is 1. The van der Waals surface area contributed by atoms with Crippen molar-refractivity contribution in [2.45, 2.75) is 18.0 Å². The Kier molecular flexibility index (Phi) is 7.41. The fraction of sp³-hybridized carbons (Fsp3) is 0.227. The first-order valence-corrected chi connectivity index (χ1v) is 12.5. The molecule has 0 saturated carbocycles. The number of rotatable bonds is 9. The number of pyridine rings is 1. The van der Waals surface area contributed by atoms with E-state index in [1.54, 1.807) is 16.8 Å². The lowest BCUT2D eigenvalue weighted by Gasteiger charge is -2.49. The average Bonchev–Trinajstić information content (AvgIpc) is 3.30. The van der Waals surface area contributed by atoms with Crippen molar-refractivity contribution in [2.75, 3.05) is 18.1 Å². The monoisotopic (exact) mass is 542 g/mol. The van der Waals surface area contributed by atoms with Crippen molar-refractivity contribution in [3.8, 4) is 12.3 Å². The number of aliphatic carboxylic acids is 1.